The Bertz CT molecular complexity index is 824. The summed E-state index contributed by atoms with van der Waals surface area (Å²) in [5.74, 6) is 1.79. The Morgan fingerprint density at radius 3 is 2.76 bits per heavy atom. The van der Waals surface area contributed by atoms with Gasteiger partial charge in [0.25, 0.3) is 0 Å². The number of hydrogen-bond acceptors (Lipinski definition) is 7. The van der Waals surface area contributed by atoms with Crippen molar-refractivity contribution in [3.05, 3.63) is 53.5 Å². The minimum atomic E-state index is 0.138. The molecule has 4 rings (SSSR count). The lowest BCUT2D eigenvalue weighted by atomic mass is 9.96. The molecule has 25 heavy (non-hydrogen) atoms. The second-order valence-electron chi connectivity index (χ2n) is 6.14. The van der Waals surface area contributed by atoms with Gasteiger partial charge in [0.1, 0.15) is 0 Å². The predicted molar refractivity (Wildman–Crippen MR) is 94.6 cm³/mol. The van der Waals surface area contributed by atoms with Crippen molar-refractivity contribution in [2.75, 3.05) is 19.6 Å². The maximum atomic E-state index is 12.3. The molecule has 0 radical (unpaired) electrons. The number of aromatic nitrogens is 3. The maximum Gasteiger partial charge on any atom is 0.230 e. The number of rotatable bonds is 5. The van der Waals surface area contributed by atoms with Crippen LogP contribution in [0.1, 0.15) is 35.0 Å². The zero-order valence-corrected chi connectivity index (χ0v) is 14.5. The average molecular weight is 354 g/mol. The normalized spacial score (nSPS) is 16.2. The Labute approximate surface area is 149 Å². The van der Waals surface area contributed by atoms with E-state index < -0.39 is 0 Å². The summed E-state index contributed by atoms with van der Waals surface area (Å²) in [6.45, 7) is 2.16. The molecular weight excluding hydrogens is 336 g/mol. The van der Waals surface area contributed by atoms with Crippen LogP contribution in [-0.2, 0) is 0 Å². The maximum absolute atomic E-state index is 12.3. The molecule has 0 atom stereocenters. The fraction of sp³-hybridized carbons (Fsp3) is 0.333. The van der Waals surface area contributed by atoms with E-state index in [1.807, 2.05) is 17.5 Å². The number of ketones is 1. The fourth-order valence-corrected chi connectivity index (χ4v) is 3.73. The van der Waals surface area contributed by atoms with Gasteiger partial charge < -0.3 is 4.52 Å². The quantitative estimate of drug-likeness (QED) is 0.655. The third kappa shape index (κ3) is 3.67. The zero-order valence-electron chi connectivity index (χ0n) is 13.7. The average Bonchev–Trinajstić information content (AvgIpc) is 3.35. The number of Topliss-reactive ketones (excluding diaryl/α,β-unsaturated/α-hetero) is 1. The van der Waals surface area contributed by atoms with E-state index in [-0.39, 0.29) is 11.7 Å². The van der Waals surface area contributed by atoms with Crippen molar-refractivity contribution in [1.82, 2.24) is 20.0 Å². The molecule has 1 aliphatic rings. The van der Waals surface area contributed by atoms with Crippen molar-refractivity contribution in [2.24, 2.45) is 0 Å². The topological polar surface area (TPSA) is 72.1 Å². The highest BCUT2D eigenvalue weighted by atomic mass is 32.1. The first-order chi connectivity index (χ1) is 12.3. The van der Waals surface area contributed by atoms with Crippen LogP contribution in [0.2, 0.25) is 0 Å². The summed E-state index contributed by atoms with van der Waals surface area (Å²) < 4.78 is 5.47. The summed E-state index contributed by atoms with van der Waals surface area (Å²) in [5, 5.41) is 6.10. The number of pyridine rings is 1. The van der Waals surface area contributed by atoms with Gasteiger partial charge in [-0.25, -0.2) is 0 Å². The van der Waals surface area contributed by atoms with E-state index >= 15 is 0 Å². The molecule has 6 nitrogen and oxygen atoms in total. The number of nitrogens with zero attached hydrogens (tertiary/aromatic N) is 4. The van der Waals surface area contributed by atoms with Crippen molar-refractivity contribution in [2.45, 2.75) is 18.8 Å². The molecule has 3 aromatic heterocycles. The summed E-state index contributed by atoms with van der Waals surface area (Å²) in [4.78, 5) is 24.0. The smallest absolute Gasteiger partial charge is 0.230 e. The van der Waals surface area contributed by atoms with E-state index in [0.717, 1.165) is 36.4 Å². The van der Waals surface area contributed by atoms with Crippen LogP contribution < -0.4 is 0 Å². The van der Waals surface area contributed by atoms with Crippen LogP contribution in [0.15, 0.2) is 46.6 Å². The largest absolute Gasteiger partial charge is 0.339 e. The molecule has 128 valence electrons. The van der Waals surface area contributed by atoms with E-state index in [1.165, 1.54) is 0 Å². The van der Waals surface area contributed by atoms with Crippen LogP contribution in [-0.4, -0.2) is 45.4 Å². The molecule has 0 bridgehead atoms. The van der Waals surface area contributed by atoms with Crippen LogP contribution in [0, 0.1) is 0 Å². The van der Waals surface area contributed by atoms with Crippen LogP contribution in [0.25, 0.3) is 10.7 Å². The highest BCUT2D eigenvalue weighted by molar-refractivity contribution is 7.13. The highest BCUT2D eigenvalue weighted by Crippen LogP contribution is 2.29. The van der Waals surface area contributed by atoms with E-state index in [2.05, 4.69) is 20.0 Å². The first-order valence-electron chi connectivity index (χ1n) is 8.32. The second kappa shape index (κ2) is 7.25. The SMILES string of the molecule is O=C(CN1CCC(c2nc(-c3cccs3)no2)CC1)c1ccncc1. The Morgan fingerprint density at radius 1 is 1.24 bits per heavy atom. The molecule has 0 aliphatic carbocycles. The van der Waals surface area contributed by atoms with Gasteiger partial charge in [0, 0.05) is 23.9 Å². The molecule has 0 spiro atoms. The van der Waals surface area contributed by atoms with Crippen LogP contribution in [0.4, 0.5) is 0 Å². The summed E-state index contributed by atoms with van der Waals surface area (Å²) in [6.07, 6.45) is 5.16. The summed E-state index contributed by atoms with van der Waals surface area (Å²) in [5.41, 5.74) is 0.717. The van der Waals surface area contributed by atoms with Gasteiger partial charge in [-0.15, -0.1) is 11.3 Å². The monoisotopic (exact) mass is 354 g/mol. The predicted octanol–water partition coefficient (Wildman–Crippen LogP) is 3.26. The third-order valence-corrected chi connectivity index (χ3v) is 5.36. The standard InChI is InChI=1S/C18H18N4O2S/c23-15(13-3-7-19-8-4-13)12-22-9-5-14(6-10-22)18-20-17(21-24-18)16-2-1-11-25-16/h1-4,7-8,11,14H,5-6,9-10,12H2. The van der Waals surface area contributed by atoms with Gasteiger partial charge in [-0.3, -0.25) is 14.7 Å². The number of thiophene rings is 1. The molecule has 3 aromatic rings. The van der Waals surface area contributed by atoms with Crippen molar-refractivity contribution in [3.8, 4) is 10.7 Å². The van der Waals surface area contributed by atoms with Crippen LogP contribution >= 0.6 is 11.3 Å². The lowest BCUT2D eigenvalue weighted by Gasteiger charge is -2.29. The lowest BCUT2D eigenvalue weighted by Crippen LogP contribution is -2.36. The molecule has 0 saturated carbocycles. The zero-order chi connectivity index (χ0) is 17.1. The minimum Gasteiger partial charge on any atom is -0.339 e. The number of carbonyl (C=O) groups excluding carboxylic acids is 1. The number of piperidine rings is 1. The third-order valence-electron chi connectivity index (χ3n) is 4.49. The molecule has 7 heteroatoms. The number of carbonyl (C=O) groups is 1. The van der Waals surface area contributed by atoms with Gasteiger partial charge in [-0.1, -0.05) is 11.2 Å². The van der Waals surface area contributed by atoms with Crippen LogP contribution in [0.5, 0.6) is 0 Å². The summed E-state index contributed by atoms with van der Waals surface area (Å²) in [6, 6.07) is 7.50. The van der Waals surface area contributed by atoms with Crippen molar-refractivity contribution in [1.29, 1.82) is 0 Å². The molecular formula is C18H18N4O2S. The van der Waals surface area contributed by atoms with Crippen molar-refractivity contribution in [3.63, 3.8) is 0 Å². The molecule has 0 amide bonds. The fourth-order valence-electron chi connectivity index (χ4n) is 3.08. The highest BCUT2D eigenvalue weighted by Gasteiger charge is 2.26. The Hall–Kier alpha value is -2.38. The number of likely N-dealkylation sites (tertiary alicyclic amines) is 1. The Morgan fingerprint density at radius 2 is 2.04 bits per heavy atom. The van der Waals surface area contributed by atoms with E-state index in [1.54, 1.807) is 35.9 Å². The van der Waals surface area contributed by atoms with E-state index in [4.69, 9.17) is 4.52 Å². The van der Waals surface area contributed by atoms with Gasteiger partial charge in [0.2, 0.25) is 11.7 Å². The first-order valence-corrected chi connectivity index (χ1v) is 9.20. The van der Waals surface area contributed by atoms with Gasteiger partial charge in [-0.05, 0) is 49.5 Å². The summed E-state index contributed by atoms with van der Waals surface area (Å²) >= 11 is 1.61. The van der Waals surface area contributed by atoms with Gasteiger partial charge in [0.05, 0.1) is 11.4 Å². The number of hydrogen-bond donors (Lipinski definition) is 0. The van der Waals surface area contributed by atoms with Crippen LogP contribution in [0.3, 0.4) is 0 Å². The molecule has 1 fully saturated rings. The lowest BCUT2D eigenvalue weighted by molar-refractivity contribution is 0.0904. The van der Waals surface area contributed by atoms with E-state index in [9.17, 15) is 4.79 Å². The molecule has 0 unspecified atom stereocenters. The minimum absolute atomic E-state index is 0.138. The Balaban J connectivity index is 1.33. The first kappa shape index (κ1) is 16.1. The molecule has 1 aliphatic heterocycles. The van der Waals surface area contributed by atoms with Gasteiger partial charge in [-0.2, -0.15) is 4.98 Å². The molecule has 0 N–H and O–H groups in total. The van der Waals surface area contributed by atoms with Gasteiger partial charge in [0.15, 0.2) is 5.78 Å². The molecule has 4 heterocycles. The van der Waals surface area contributed by atoms with Crippen molar-refractivity contribution < 1.29 is 9.32 Å². The summed E-state index contributed by atoms with van der Waals surface area (Å²) in [7, 11) is 0. The van der Waals surface area contributed by atoms with Crippen molar-refractivity contribution >= 4 is 17.1 Å². The van der Waals surface area contributed by atoms with E-state index in [0.29, 0.717) is 18.3 Å². The van der Waals surface area contributed by atoms with Gasteiger partial charge >= 0.3 is 0 Å². The molecule has 1 saturated heterocycles. The Kier molecular flexibility index (Phi) is 4.67. The second-order valence-corrected chi connectivity index (χ2v) is 7.09. The molecule has 0 aromatic carbocycles.